The van der Waals surface area contributed by atoms with Crippen LogP contribution in [0.4, 0.5) is 5.69 Å². The van der Waals surface area contributed by atoms with Gasteiger partial charge in [0.05, 0.1) is 6.21 Å². The van der Waals surface area contributed by atoms with Crippen LogP contribution in [0.25, 0.3) is 0 Å². The van der Waals surface area contributed by atoms with Crippen molar-refractivity contribution in [2.45, 2.75) is 45.6 Å². The predicted molar refractivity (Wildman–Crippen MR) is 106 cm³/mol. The van der Waals surface area contributed by atoms with Crippen molar-refractivity contribution in [1.82, 2.24) is 10.4 Å². The number of aromatic nitrogens is 1. The van der Waals surface area contributed by atoms with E-state index in [9.17, 15) is 4.79 Å². The van der Waals surface area contributed by atoms with Gasteiger partial charge in [0.15, 0.2) is 0 Å². The van der Waals surface area contributed by atoms with Gasteiger partial charge < -0.3 is 4.90 Å². The van der Waals surface area contributed by atoms with E-state index >= 15 is 0 Å². The fourth-order valence-corrected chi connectivity index (χ4v) is 3.60. The van der Waals surface area contributed by atoms with Crippen LogP contribution in [-0.4, -0.2) is 29.7 Å². The van der Waals surface area contributed by atoms with Crippen molar-refractivity contribution in [2.24, 2.45) is 5.10 Å². The molecular weight excluding hydrogens is 324 g/mol. The first-order valence-corrected chi connectivity index (χ1v) is 8.91. The van der Waals surface area contributed by atoms with Crippen molar-refractivity contribution in [3.63, 3.8) is 0 Å². The largest absolute Gasteiger partial charge is 0.369 e. The van der Waals surface area contributed by atoms with E-state index in [1.165, 1.54) is 11.3 Å². The molecule has 26 heavy (non-hydrogen) atoms. The predicted octanol–water partition coefficient (Wildman–Crippen LogP) is 3.88. The van der Waals surface area contributed by atoms with Crippen LogP contribution < -0.4 is 10.3 Å². The quantitative estimate of drug-likeness (QED) is 0.675. The van der Waals surface area contributed by atoms with E-state index in [1.54, 1.807) is 30.7 Å². The van der Waals surface area contributed by atoms with E-state index in [1.807, 2.05) is 0 Å². The molecule has 0 saturated carbocycles. The number of nitrogens with one attached hydrogen (secondary N) is 1. The van der Waals surface area contributed by atoms with Gasteiger partial charge >= 0.3 is 0 Å². The molecule has 136 valence electrons. The molecule has 1 N–H and O–H groups in total. The summed E-state index contributed by atoms with van der Waals surface area (Å²) in [6, 6.07) is 7.74. The zero-order valence-electron chi connectivity index (χ0n) is 16.1. The molecule has 2 aromatic rings. The maximum Gasteiger partial charge on any atom is 0.271 e. The Labute approximate surface area is 155 Å². The summed E-state index contributed by atoms with van der Waals surface area (Å²) in [4.78, 5) is 18.3. The Bertz CT molecular complexity index is 843. The van der Waals surface area contributed by atoms with Gasteiger partial charge in [-0.2, -0.15) is 5.10 Å². The number of hydrogen-bond donors (Lipinski definition) is 1. The lowest BCUT2D eigenvalue weighted by atomic mass is 9.79. The molecular formula is C21H26N4O. The molecule has 2 heterocycles. The Balaban J connectivity index is 1.82. The van der Waals surface area contributed by atoms with Crippen LogP contribution in [0.5, 0.6) is 0 Å². The summed E-state index contributed by atoms with van der Waals surface area (Å²) >= 11 is 0. The maximum atomic E-state index is 12.1. The third-order valence-electron chi connectivity index (χ3n) is 5.33. The van der Waals surface area contributed by atoms with Gasteiger partial charge in [-0.1, -0.05) is 6.92 Å². The molecule has 0 spiro atoms. The van der Waals surface area contributed by atoms with Gasteiger partial charge in [0.25, 0.3) is 5.91 Å². The molecule has 0 aliphatic carbocycles. The minimum atomic E-state index is -0.242. The highest BCUT2D eigenvalue weighted by Crippen LogP contribution is 2.43. The SMILES string of the molecule is Cc1cc2c(cc1/C=N\NC(=O)c1ccncc1)[C@H](C)CC(C)(C)N2C. The Morgan fingerprint density at radius 1 is 1.35 bits per heavy atom. The average molecular weight is 350 g/mol. The molecule has 1 amide bonds. The summed E-state index contributed by atoms with van der Waals surface area (Å²) in [7, 11) is 2.16. The van der Waals surface area contributed by atoms with Crippen LogP contribution in [0.1, 0.15) is 60.2 Å². The number of aryl methyl sites for hydroxylation is 1. The second-order valence-corrected chi connectivity index (χ2v) is 7.68. The van der Waals surface area contributed by atoms with E-state index in [2.05, 4.69) is 67.3 Å². The third kappa shape index (κ3) is 3.47. The van der Waals surface area contributed by atoms with Crippen molar-refractivity contribution in [2.75, 3.05) is 11.9 Å². The van der Waals surface area contributed by atoms with Crippen LogP contribution in [0, 0.1) is 6.92 Å². The van der Waals surface area contributed by atoms with Gasteiger partial charge in [-0.25, -0.2) is 5.43 Å². The van der Waals surface area contributed by atoms with E-state index in [0.717, 1.165) is 17.5 Å². The zero-order chi connectivity index (χ0) is 18.9. The van der Waals surface area contributed by atoms with Gasteiger partial charge in [0.2, 0.25) is 0 Å². The number of pyridine rings is 1. The van der Waals surface area contributed by atoms with E-state index in [-0.39, 0.29) is 11.4 Å². The number of amides is 1. The van der Waals surface area contributed by atoms with Crippen LogP contribution in [0.15, 0.2) is 41.8 Å². The van der Waals surface area contributed by atoms with Gasteiger partial charge in [0, 0.05) is 36.2 Å². The highest BCUT2D eigenvalue weighted by molar-refractivity contribution is 5.94. The summed E-state index contributed by atoms with van der Waals surface area (Å²) < 4.78 is 0. The molecule has 0 radical (unpaired) electrons. The van der Waals surface area contributed by atoms with E-state index in [4.69, 9.17) is 0 Å². The molecule has 1 aliphatic heterocycles. The normalized spacial score (nSPS) is 18.7. The Morgan fingerprint density at radius 3 is 2.73 bits per heavy atom. The molecule has 0 bridgehead atoms. The number of carbonyl (C=O) groups excluding carboxylic acids is 1. The molecule has 1 atom stereocenters. The smallest absolute Gasteiger partial charge is 0.271 e. The Morgan fingerprint density at radius 2 is 2.04 bits per heavy atom. The number of hydrazone groups is 1. The number of carbonyl (C=O) groups is 1. The van der Waals surface area contributed by atoms with Crippen LogP contribution >= 0.6 is 0 Å². The van der Waals surface area contributed by atoms with Crippen molar-refractivity contribution < 1.29 is 4.79 Å². The molecule has 0 saturated heterocycles. The first-order valence-electron chi connectivity index (χ1n) is 8.91. The maximum absolute atomic E-state index is 12.1. The van der Waals surface area contributed by atoms with E-state index in [0.29, 0.717) is 11.5 Å². The van der Waals surface area contributed by atoms with Crippen molar-refractivity contribution in [1.29, 1.82) is 0 Å². The van der Waals surface area contributed by atoms with Gasteiger partial charge in [-0.05, 0) is 74.1 Å². The fourth-order valence-electron chi connectivity index (χ4n) is 3.60. The number of fused-ring (bicyclic) bond motifs is 1. The lowest BCUT2D eigenvalue weighted by molar-refractivity contribution is 0.0955. The summed E-state index contributed by atoms with van der Waals surface area (Å²) in [5, 5.41) is 4.14. The zero-order valence-corrected chi connectivity index (χ0v) is 16.1. The summed E-state index contributed by atoms with van der Waals surface area (Å²) in [5.74, 6) is 0.240. The first kappa shape index (κ1) is 18.1. The lowest BCUT2D eigenvalue weighted by Gasteiger charge is -2.45. The highest BCUT2D eigenvalue weighted by atomic mass is 16.2. The molecule has 0 fully saturated rings. The number of rotatable bonds is 3. The standard InChI is InChI=1S/C21H26N4O/c1-14-10-19-18(15(2)12-21(3,4)25(19)5)11-17(14)13-23-24-20(26)16-6-8-22-9-7-16/h6-11,13,15H,12H2,1-5H3,(H,24,26)/b23-13-/t15-/m1/s1. The van der Waals surface area contributed by atoms with Crippen molar-refractivity contribution in [3.8, 4) is 0 Å². The van der Waals surface area contributed by atoms with E-state index < -0.39 is 0 Å². The monoisotopic (exact) mass is 350 g/mol. The minimum Gasteiger partial charge on any atom is -0.369 e. The van der Waals surface area contributed by atoms with Crippen LogP contribution in [-0.2, 0) is 0 Å². The summed E-state index contributed by atoms with van der Waals surface area (Å²) in [6.45, 7) is 8.92. The highest BCUT2D eigenvalue weighted by Gasteiger charge is 2.34. The van der Waals surface area contributed by atoms with Gasteiger partial charge in [-0.15, -0.1) is 0 Å². The van der Waals surface area contributed by atoms with Gasteiger partial charge in [0.1, 0.15) is 0 Å². The number of anilines is 1. The molecule has 5 heteroatoms. The summed E-state index contributed by atoms with van der Waals surface area (Å²) in [6.07, 6.45) is 6.01. The topological polar surface area (TPSA) is 57.6 Å². The second kappa shape index (κ2) is 6.90. The van der Waals surface area contributed by atoms with Crippen molar-refractivity contribution >= 4 is 17.8 Å². The molecule has 1 aromatic heterocycles. The Kier molecular flexibility index (Phi) is 4.81. The molecule has 1 aromatic carbocycles. The molecule has 1 aliphatic rings. The second-order valence-electron chi connectivity index (χ2n) is 7.68. The Hall–Kier alpha value is -2.69. The first-order chi connectivity index (χ1) is 12.3. The molecule has 0 unspecified atom stereocenters. The third-order valence-corrected chi connectivity index (χ3v) is 5.33. The number of nitrogens with zero attached hydrogens (tertiary/aromatic N) is 3. The number of hydrogen-bond acceptors (Lipinski definition) is 4. The number of benzene rings is 1. The van der Waals surface area contributed by atoms with Gasteiger partial charge in [-0.3, -0.25) is 9.78 Å². The van der Waals surface area contributed by atoms with Crippen molar-refractivity contribution in [3.05, 3.63) is 58.9 Å². The molecule has 5 nitrogen and oxygen atoms in total. The van der Waals surface area contributed by atoms with Crippen LogP contribution in [0.3, 0.4) is 0 Å². The fraction of sp³-hybridized carbons (Fsp3) is 0.381. The lowest BCUT2D eigenvalue weighted by Crippen LogP contribution is -2.45. The minimum absolute atomic E-state index is 0.146. The average Bonchev–Trinajstić information content (AvgIpc) is 2.61. The summed E-state index contributed by atoms with van der Waals surface area (Å²) in [5.41, 5.74) is 8.05. The molecule has 3 rings (SSSR count). The van der Waals surface area contributed by atoms with Crippen LogP contribution in [0.2, 0.25) is 0 Å².